The van der Waals surface area contributed by atoms with E-state index < -0.39 is 40.2 Å². The zero-order valence-corrected chi connectivity index (χ0v) is 18.1. The number of nitrogens with one attached hydrogen (secondary N) is 1. The summed E-state index contributed by atoms with van der Waals surface area (Å²) in [4.78, 5) is 33.2. The fourth-order valence-electron chi connectivity index (χ4n) is 4.01. The molecule has 186 valence electrons. The van der Waals surface area contributed by atoms with Crippen LogP contribution in [0.4, 0.5) is 32.3 Å². The largest absolute Gasteiger partial charge is 0.416 e. The highest BCUT2D eigenvalue weighted by atomic mass is 19.4. The number of hydrogen-bond acceptors (Lipinski definition) is 6. The van der Waals surface area contributed by atoms with Crippen LogP contribution >= 0.6 is 0 Å². The highest BCUT2D eigenvalue weighted by Crippen LogP contribution is 2.36. The first kappa shape index (κ1) is 24.4. The van der Waals surface area contributed by atoms with E-state index in [2.05, 4.69) is 20.5 Å². The van der Waals surface area contributed by atoms with Gasteiger partial charge >= 0.3 is 23.5 Å². The Morgan fingerprint density at radius 3 is 2.17 bits per heavy atom. The van der Waals surface area contributed by atoms with Crippen LogP contribution in [0.2, 0.25) is 0 Å². The molecule has 0 aliphatic heterocycles. The number of aromatic nitrogens is 4. The lowest BCUT2D eigenvalue weighted by Crippen LogP contribution is -2.42. The molecule has 1 aliphatic carbocycles. The van der Waals surface area contributed by atoms with Crippen molar-refractivity contribution in [1.82, 2.24) is 19.1 Å². The molecule has 0 unspecified atom stereocenters. The Morgan fingerprint density at radius 1 is 1.00 bits per heavy atom. The van der Waals surface area contributed by atoms with Crippen LogP contribution in [0.15, 0.2) is 39.1 Å². The van der Waals surface area contributed by atoms with E-state index in [0.29, 0.717) is 25.0 Å². The average molecular weight is 500 g/mol. The first-order chi connectivity index (χ1) is 16.4. The fraction of sp³-hybridized carbons (Fsp3) is 0.381. The number of benzene rings is 1. The van der Waals surface area contributed by atoms with E-state index in [0.717, 1.165) is 23.6 Å². The van der Waals surface area contributed by atoms with Crippen LogP contribution in [0.3, 0.4) is 0 Å². The zero-order valence-electron chi connectivity index (χ0n) is 18.1. The molecule has 0 amide bonds. The summed E-state index contributed by atoms with van der Waals surface area (Å²) in [5.41, 5.74) is -2.09. The SMILES string of the molecule is Cn1c(=O)c(=O)n(C2CCCC2)c2nc(NN=Cc3cc(C(F)(F)F)cc(C(F)(F)F)c3)ncc21. The summed E-state index contributed by atoms with van der Waals surface area (Å²) in [5.74, 6) is -0.165. The van der Waals surface area contributed by atoms with E-state index in [4.69, 9.17) is 0 Å². The number of nitrogens with zero attached hydrogens (tertiary/aromatic N) is 5. The number of aryl methyl sites for hydroxylation is 1. The summed E-state index contributed by atoms with van der Waals surface area (Å²) in [6, 6.07) is 0.838. The normalized spacial score (nSPS) is 15.4. The third-order valence-electron chi connectivity index (χ3n) is 5.72. The van der Waals surface area contributed by atoms with Gasteiger partial charge in [-0.2, -0.15) is 36.4 Å². The minimum Gasteiger partial charge on any atom is -0.303 e. The molecule has 4 rings (SSSR count). The zero-order chi connectivity index (χ0) is 25.5. The number of alkyl halides is 6. The molecule has 0 radical (unpaired) electrons. The molecule has 0 spiro atoms. The predicted octanol–water partition coefficient (Wildman–Crippen LogP) is 4.09. The van der Waals surface area contributed by atoms with Crippen molar-refractivity contribution >= 4 is 23.3 Å². The van der Waals surface area contributed by atoms with Crippen LogP contribution in [-0.4, -0.2) is 25.3 Å². The smallest absolute Gasteiger partial charge is 0.303 e. The van der Waals surface area contributed by atoms with Crippen molar-refractivity contribution in [3.63, 3.8) is 0 Å². The highest BCUT2D eigenvalue weighted by Gasteiger charge is 2.36. The van der Waals surface area contributed by atoms with E-state index in [1.165, 1.54) is 17.8 Å². The summed E-state index contributed by atoms with van der Waals surface area (Å²) in [5, 5.41) is 3.66. The van der Waals surface area contributed by atoms with E-state index >= 15 is 0 Å². The van der Waals surface area contributed by atoms with Gasteiger partial charge in [0.2, 0.25) is 5.95 Å². The van der Waals surface area contributed by atoms with Crippen molar-refractivity contribution in [2.45, 2.75) is 44.1 Å². The van der Waals surface area contributed by atoms with Gasteiger partial charge in [-0.05, 0) is 36.6 Å². The number of hydrogen-bond donors (Lipinski definition) is 1. The summed E-state index contributed by atoms with van der Waals surface area (Å²) >= 11 is 0. The summed E-state index contributed by atoms with van der Waals surface area (Å²) in [6.07, 6.45) is -4.80. The van der Waals surface area contributed by atoms with Gasteiger partial charge in [-0.1, -0.05) is 12.8 Å². The van der Waals surface area contributed by atoms with Gasteiger partial charge in [0.15, 0.2) is 5.65 Å². The number of halogens is 6. The molecule has 1 N–H and O–H groups in total. The van der Waals surface area contributed by atoms with Crippen molar-refractivity contribution in [3.8, 4) is 0 Å². The first-order valence-electron chi connectivity index (χ1n) is 10.4. The van der Waals surface area contributed by atoms with E-state index in [1.54, 1.807) is 0 Å². The van der Waals surface area contributed by atoms with Gasteiger partial charge in [0.05, 0.1) is 23.5 Å². The molecule has 1 aliphatic rings. The van der Waals surface area contributed by atoms with Gasteiger partial charge in [-0.15, -0.1) is 0 Å². The number of hydrazone groups is 1. The van der Waals surface area contributed by atoms with Crippen LogP contribution < -0.4 is 16.5 Å². The summed E-state index contributed by atoms with van der Waals surface area (Å²) in [7, 11) is 1.39. The first-order valence-corrected chi connectivity index (χ1v) is 10.4. The Hall–Kier alpha value is -3.71. The van der Waals surface area contributed by atoms with Crippen molar-refractivity contribution in [3.05, 3.63) is 61.8 Å². The predicted molar refractivity (Wildman–Crippen MR) is 114 cm³/mol. The van der Waals surface area contributed by atoms with E-state index in [-0.39, 0.29) is 29.2 Å². The van der Waals surface area contributed by atoms with E-state index in [1.807, 2.05) is 0 Å². The lowest BCUT2D eigenvalue weighted by atomic mass is 10.1. The van der Waals surface area contributed by atoms with Crippen molar-refractivity contribution in [2.24, 2.45) is 12.1 Å². The molecule has 0 saturated heterocycles. The molecule has 8 nitrogen and oxygen atoms in total. The van der Waals surface area contributed by atoms with Crippen LogP contribution in [0.1, 0.15) is 48.4 Å². The van der Waals surface area contributed by atoms with Gasteiger partial charge in [0.1, 0.15) is 5.52 Å². The Labute approximate surface area is 192 Å². The van der Waals surface area contributed by atoms with Gasteiger partial charge in [0.25, 0.3) is 0 Å². The van der Waals surface area contributed by atoms with E-state index in [9.17, 15) is 35.9 Å². The topological polar surface area (TPSA) is 94.2 Å². The number of rotatable bonds is 4. The number of fused-ring (bicyclic) bond motifs is 1. The minimum absolute atomic E-state index is 0.0176. The molecule has 0 atom stereocenters. The van der Waals surface area contributed by atoms with Crippen molar-refractivity contribution in [1.29, 1.82) is 0 Å². The van der Waals surface area contributed by atoms with Gasteiger partial charge in [-0.3, -0.25) is 14.2 Å². The van der Waals surface area contributed by atoms with Crippen LogP contribution in [0, 0.1) is 0 Å². The third-order valence-corrected chi connectivity index (χ3v) is 5.72. The average Bonchev–Trinajstić information content (AvgIpc) is 3.31. The number of anilines is 1. The lowest BCUT2D eigenvalue weighted by Gasteiger charge is -2.17. The molecule has 3 aromatic rings. The quantitative estimate of drug-likeness (QED) is 0.252. The third kappa shape index (κ3) is 4.91. The maximum Gasteiger partial charge on any atom is 0.416 e. The summed E-state index contributed by atoms with van der Waals surface area (Å²) < 4.78 is 80.6. The molecule has 35 heavy (non-hydrogen) atoms. The van der Waals surface area contributed by atoms with Gasteiger partial charge in [-0.25, -0.2) is 10.4 Å². The Morgan fingerprint density at radius 2 is 1.60 bits per heavy atom. The molecule has 2 aromatic heterocycles. The Kier molecular flexibility index (Phi) is 6.15. The Balaban J connectivity index is 1.70. The van der Waals surface area contributed by atoms with Gasteiger partial charge in [0, 0.05) is 13.1 Å². The molecular weight excluding hydrogens is 482 g/mol. The summed E-state index contributed by atoms with van der Waals surface area (Å²) in [6.45, 7) is 0. The molecule has 1 aromatic carbocycles. The molecule has 1 fully saturated rings. The second-order valence-electron chi connectivity index (χ2n) is 8.09. The monoisotopic (exact) mass is 500 g/mol. The van der Waals surface area contributed by atoms with Crippen LogP contribution in [0.25, 0.3) is 11.2 Å². The maximum atomic E-state index is 13.0. The van der Waals surface area contributed by atoms with Crippen LogP contribution in [-0.2, 0) is 19.4 Å². The Bertz CT molecular complexity index is 1390. The molecule has 0 bridgehead atoms. The fourth-order valence-corrected chi connectivity index (χ4v) is 4.01. The van der Waals surface area contributed by atoms with Gasteiger partial charge < -0.3 is 4.57 Å². The lowest BCUT2D eigenvalue weighted by molar-refractivity contribution is -0.143. The molecule has 2 heterocycles. The van der Waals surface area contributed by atoms with Crippen molar-refractivity contribution in [2.75, 3.05) is 5.43 Å². The highest BCUT2D eigenvalue weighted by molar-refractivity contribution is 5.81. The minimum atomic E-state index is -4.99. The second-order valence-corrected chi connectivity index (χ2v) is 8.09. The molecular formula is C21H18F6N6O2. The molecule has 14 heteroatoms. The van der Waals surface area contributed by atoms with Crippen molar-refractivity contribution < 1.29 is 26.3 Å². The maximum absolute atomic E-state index is 13.0. The standard InChI is InChI=1S/C21H18F6N6O2/c1-32-15-10-28-19(30-16(15)33(18(35)17(32)34)14-4-2-3-5-14)31-29-9-11-6-12(20(22,23)24)8-13(7-11)21(25,26)27/h6-10,14H,2-5H2,1H3,(H,28,30,31). The second kappa shape index (κ2) is 8.82. The van der Waals surface area contributed by atoms with Crippen LogP contribution in [0.5, 0.6) is 0 Å². The molecule has 1 saturated carbocycles.